The first-order valence-corrected chi connectivity index (χ1v) is 7.36. The van der Waals surface area contributed by atoms with Gasteiger partial charge in [-0.2, -0.15) is 0 Å². The predicted molar refractivity (Wildman–Crippen MR) is 79.6 cm³/mol. The van der Waals surface area contributed by atoms with E-state index in [2.05, 4.69) is 11.9 Å². The minimum Gasteiger partial charge on any atom is -0.356 e. The van der Waals surface area contributed by atoms with E-state index < -0.39 is 10.0 Å². The Hall–Kier alpha value is -1.59. The fourth-order valence-corrected chi connectivity index (χ4v) is 2.43. The van der Waals surface area contributed by atoms with E-state index in [4.69, 9.17) is 0 Å². The molecule has 1 aromatic carbocycles. The number of aryl methyl sites for hydroxylation is 1. The van der Waals surface area contributed by atoms with Crippen LogP contribution in [0, 0.1) is 6.92 Å². The van der Waals surface area contributed by atoms with E-state index in [0.717, 1.165) is 16.9 Å². The first kappa shape index (κ1) is 15.5. The van der Waals surface area contributed by atoms with Crippen LogP contribution in [0.1, 0.15) is 12.5 Å². The predicted octanol–water partition coefficient (Wildman–Crippen LogP) is 2.75. The lowest BCUT2D eigenvalue weighted by atomic mass is 10.2. The molecule has 0 heterocycles. The lowest BCUT2D eigenvalue weighted by molar-refractivity contribution is 0.521. The van der Waals surface area contributed by atoms with Crippen molar-refractivity contribution in [3.05, 3.63) is 48.2 Å². The highest BCUT2D eigenvalue weighted by Crippen LogP contribution is 2.23. The number of rotatable bonds is 5. The van der Waals surface area contributed by atoms with Crippen molar-refractivity contribution in [2.75, 3.05) is 19.4 Å². The molecule has 0 saturated heterocycles. The molecule has 104 valence electrons. The third-order valence-electron chi connectivity index (χ3n) is 2.80. The molecule has 0 amide bonds. The summed E-state index contributed by atoms with van der Waals surface area (Å²) in [5, 5.41) is 3.16. The van der Waals surface area contributed by atoms with Gasteiger partial charge in [-0.05, 0) is 37.6 Å². The van der Waals surface area contributed by atoms with Crippen LogP contribution in [-0.2, 0) is 10.0 Å². The minimum atomic E-state index is -3.42. The van der Waals surface area contributed by atoms with Crippen molar-refractivity contribution in [2.24, 2.45) is 0 Å². The van der Waals surface area contributed by atoms with Gasteiger partial charge in [-0.1, -0.05) is 18.7 Å². The molecule has 0 aliphatic carbocycles. The van der Waals surface area contributed by atoms with Crippen molar-refractivity contribution in [1.82, 2.24) is 4.31 Å². The van der Waals surface area contributed by atoms with E-state index in [9.17, 15) is 8.42 Å². The van der Waals surface area contributed by atoms with Gasteiger partial charge in [0.15, 0.2) is 0 Å². The molecule has 0 aliphatic heterocycles. The molecular weight excluding hydrogens is 260 g/mol. The normalized spacial score (nSPS) is 12.6. The van der Waals surface area contributed by atoms with Gasteiger partial charge in [0, 0.05) is 25.5 Å². The first-order valence-electron chi connectivity index (χ1n) is 5.92. The van der Waals surface area contributed by atoms with E-state index in [1.54, 1.807) is 24.3 Å². The van der Waals surface area contributed by atoms with Gasteiger partial charge >= 0.3 is 0 Å². The van der Waals surface area contributed by atoms with E-state index >= 15 is 0 Å². The summed E-state index contributed by atoms with van der Waals surface area (Å²) in [5.74, 6) is 0. The zero-order valence-electron chi connectivity index (χ0n) is 11.8. The molecule has 0 aromatic heterocycles. The molecule has 19 heavy (non-hydrogen) atoms. The van der Waals surface area contributed by atoms with Crippen LogP contribution in [0.4, 0.5) is 5.69 Å². The fourth-order valence-electron chi connectivity index (χ4n) is 1.50. The molecule has 1 aromatic rings. The summed E-state index contributed by atoms with van der Waals surface area (Å²) in [6.45, 7) is 7.51. The van der Waals surface area contributed by atoms with Gasteiger partial charge in [-0.3, -0.25) is 0 Å². The van der Waals surface area contributed by atoms with E-state index in [1.165, 1.54) is 18.4 Å². The lowest BCUT2D eigenvalue weighted by Gasteiger charge is -2.15. The van der Waals surface area contributed by atoms with E-state index in [1.807, 2.05) is 19.9 Å². The highest BCUT2D eigenvalue weighted by atomic mass is 32.2. The molecule has 0 fully saturated rings. The van der Waals surface area contributed by atoms with Crippen LogP contribution in [0.2, 0.25) is 0 Å². The van der Waals surface area contributed by atoms with Gasteiger partial charge in [0.1, 0.15) is 0 Å². The Balaban J connectivity index is 3.26. The summed E-state index contributed by atoms with van der Waals surface area (Å²) in [6.07, 6.45) is 3.56. The van der Waals surface area contributed by atoms with Crippen molar-refractivity contribution in [1.29, 1.82) is 0 Å². The summed E-state index contributed by atoms with van der Waals surface area (Å²) in [7, 11) is -0.383. The van der Waals surface area contributed by atoms with Gasteiger partial charge in [-0.15, -0.1) is 0 Å². The maximum Gasteiger partial charge on any atom is 0.242 e. The van der Waals surface area contributed by atoms with Crippen LogP contribution in [0.15, 0.2) is 47.5 Å². The Morgan fingerprint density at radius 1 is 1.37 bits per heavy atom. The first-order chi connectivity index (χ1) is 8.82. The Kier molecular flexibility index (Phi) is 4.91. The number of hydrogen-bond donors (Lipinski definition) is 1. The van der Waals surface area contributed by atoms with E-state index in [0.29, 0.717) is 0 Å². The fraction of sp³-hybridized carbons (Fsp3) is 0.286. The molecule has 5 heteroatoms. The average Bonchev–Trinajstić information content (AvgIpc) is 2.37. The van der Waals surface area contributed by atoms with Gasteiger partial charge < -0.3 is 5.32 Å². The third-order valence-corrected chi connectivity index (χ3v) is 4.61. The second-order valence-corrected chi connectivity index (χ2v) is 6.49. The standard InChI is InChI=1S/C14H20N2O2S/c1-6-12(7-2)15-14-10-13(9-8-11(14)3)19(17,18)16(4)5/h6-10,15H,1H2,2-5H3/b12-7+. The highest BCUT2D eigenvalue weighted by Gasteiger charge is 2.18. The summed E-state index contributed by atoms with van der Waals surface area (Å²) in [6, 6.07) is 5.03. The quantitative estimate of drug-likeness (QED) is 0.844. The van der Waals surface area contributed by atoms with Gasteiger partial charge in [0.05, 0.1) is 4.90 Å². The second-order valence-electron chi connectivity index (χ2n) is 4.34. The topological polar surface area (TPSA) is 49.4 Å². The number of anilines is 1. The largest absolute Gasteiger partial charge is 0.356 e. The molecule has 1 rings (SSSR count). The number of sulfonamides is 1. The van der Waals surface area contributed by atoms with Crippen LogP contribution in [0.25, 0.3) is 0 Å². The summed E-state index contributed by atoms with van der Waals surface area (Å²) in [4.78, 5) is 0.269. The Labute approximate surface area is 115 Å². The number of nitrogens with one attached hydrogen (secondary N) is 1. The zero-order valence-corrected chi connectivity index (χ0v) is 12.6. The van der Waals surface area contributed by atoms with Gasteiger partial charge in [0.2, 0.25) is 10.0 Å². The Bertz CT molecular complexity index is 602. The van der Waals surface area contributed by atoms with Crippen LogP contribution >= 0.6 is 0 Å². The van der Waals surface area contributed by atoms with Crippen molar-refractivity contribution < 1.29 is 8.42 Å². The smallest absolute Gasteiger partial charge is 0.242 e. The minimum absolute atomic E-state index is 0.269. The average molecular weight is 280 g/mol. The maximum absolute atomic E-state index is 12.1. The zero-order chi connectivity index (χ0) is 14.6. The summed E-state index contributed by atoms with van der Waals surface area (Å²) < 4.78 is 25.4. The van der Waals surface area contributed by atoms with Crippen LogP contribution in [0.5, 0.6) is 0 Å². The maximum atomic E-state index is 12.1. The number of hydrogen-bond acceptors (Lipinski definition) is 3. The Morgan fingerprint density at radius 3 is 2.47 bits per heavy atom. The molecule has 0 unspecified atom stereocenters. The van der Waals surface area contributed by atoms with Crippen molar-refractivity contribution >= 4 is 15.7 Å². The third kappa shape index (κ3) is 3.45. The monoisotopic (exact) mass is 280 g/mol. The van der Waals surface area contributed by atoms with Crippen LogP contribution < -0.4 is 5.32 Å². The molecule has 0 bridgehead atoms. The molecule has 0 spiro atoms. The number of nitrogens with zero attached hydrogens (tertiary/aromatic N) is 1. The van der Waals surface area contributed by atoms with Crippen LogP contribution in [0.3, 0.4) is 0 Å². The molecule has 4 nitrogen and oxygen atoms in total. The summed E-state index contributed by atoms with van der Waals surface area (Å²) in [5.41, 5.74) is 2.57. The number of benzene rings is 1. The Morgan fingerprint density at radius 2 is 2.00 bits per heavy atom. The summed E-state index contributed by atoms with van der Waals surface area (Å²) >= 11 is 0. The van der Waals surface area contributed by atoms with Gasteiger partial charge in [0.25, 0.3) is 0 Å². The van der Waals surface area contributed by atoms with E-state index in [-0.39, 0.29) is 4.90 Å². The highest BCUT2D eigenvalue weighted by molar-refractivity contribution is 7.89. The lowest BCUT2D eigenvalue weighted by Crippen LogP contribution is -2.22. The van der Waals surface area contributed by atoms with Crippen molar-refractivity contribution in [3.8, 4) is 0 Å². The van der Waals surface area contributed by atoms with Crippen molar-refractivity contribution in [3.63, 3.8) is 0 Å². The molecule has 0 radical (unpaired) electrons. The second kappa shape index (κ2) is 6.04. The molecule has 1 N–H and O–H groups in total. The van der Waals surface area contributed by atoms with Crippen molar-refractivity contribution in [2.45, 2.75) is 18.7 Å². The molecule has 0 saturated carbocycles. The molecule has 0 atom stereocenters. The van der Waals surface area contributed by atoms with Crippen LogP contribution in [-0.4, -0.2) is 26.8 Å². The SMILES string of the molecule is C=C/C(=C\C)Nc1cc(S(=O)(=O)N(C)C)ccc1C. The number of allylic oxidation sites excluding steroid dienone is 2. The molecular formula is C14H20N2O2S. The molecule has 0 aliphatic rings. The van der Waals surface area contributed by atoms with Gasteiger partial charge in [-0.25, -0.2) is 12.7 Å².